The van der Waals surface area contributed by atoms with Gasteiger partial charge >= 0.3 is 5.97 Å². The number of carbonyl (C=O) groups is 2. The lowest BCUT2D eigenvalue weighted by Gasteiger charge is -2.16. The molecule has 1 heterocycles. The van der Waals surface area contributed by atoms with Gasteiger partial charge in [-0.15, -0.1) is 0 Å². The van der Waals surface area contributed by atoms with Crippen molar-refractivity contribution in [3.05, 3.63) is 28.2 Å². The number of carbonyl (C=O) groups excluding carboxylic acids is 1. The first kappa shape index (κ1) is 12.2. The van der Waals surface area contributed by atoms with Gasteiger partial charge in [0.2, 0.25) is 5.91 Å². The van der Waals surface area contributed by atoms with Gasteiger partial charge in [0.1, 0.15) is 5.92 Å². The molecule has 0 aliphatic carbocycles. The van der Waals surface area contributed by atoms with Crippen LogP contribution < -0.4 is 4.90 Å². The Morgan fingerprint density at radius 1 is 1.29 bits per heavy atom. The minimum absolute atomic E-state index is 0.304. The lowest BCUT2D eigenvalue weighted by Crippen LogP contribution is -2.30. The minimum Gasteiger partial charge on any atom is -0.481 e. The van der Waals surface area contributed by atoms with Gasteiger partial charge in [0.15, 0.2) is 0 Å². The number of halogens is 2. The molecule has 1 aromatic rings. The van der Waals surface area contributed by atoms with Crippen LogP contribution in [0.2, 0.25) is 10.0 Å². The first-order valence-corrected chi connectivity index (χ1v) is 5.75. The zero-order valence-electron chi connectivity index (χ0n) is 8.69. The van der Waals surface area contributed by atoms with E-state index in [1.54, 1.807) is 18.2 Å². The number of carboxylic acid groups (broad SMARTS) is 1. The maximum atomic E-state index is 11.8. The van der Waals surface area contributed by atoms with Crippen molar-refractivity contribution in [3.63, 3.8) is 0 Å². The summed E-state index contributed by atoms with van der Waals surface area (Å²) in [4.78, 5) is 24.1. The summed E-state index contributed by atoms with van der Waals surface area (Å²) in [5.74, 6) is -2.48. The molecular weight excluding hydrogens is 265 g/mol. The summed E-state index contributed by atoms with van der Waals surface area (Å²) in [5, 5.41) is 9.69. The van der Waals surface area contributed by atoms with Crippen molar-refractivity contribution >= 4 is 40.8 Å². The lowest BCUT2D eigenvalue weighted by molar-refractivity contribution is -0.144. The van der Waals surface area contributed by atoms with E-state index in [0.717, 1.165) is 0 Å². The molecule has 1 N–H and O–H groups in total. The number of aliphatic carboxylic acids is 1. The van der Waals surface area contributed by atoms with Gasteiger partial charge in [-0.05, 0) is 24.6 Å². The molecule has 0 radical (unpaired) electrons. The molecule has 1 aromatic carbocycles. The second-order valence-corrected chi connectivity index (χ2v) is 4.67. The fourth-order valence-corrected chi connectivity index (χ4v) is 2.38. The van der Waals surface area contributed by atoms with Gasteiger partial charge in [-0.2, -0.15) is 0 Å². The van der Waals surface area contributed by atoms with E-state index in [1.807, 2.05) is 0 Å². The maximum Gasteiger partial charge on any atom is 0.316 e. The molecule has 0 unspecified atom stereocenters. The third kappa shape index (κ3) is 2.37. The quantitative estimate of drug-likeness (QED) is 0.842. The molecule has 1 atom stereocenters. The molecule has 0 saturated carbocycles. The second-order valence-electron chi connectivity index (χ2n) is 3.80. The van der Waals surface area contributed by atoms with Crippen LogP contribution in [0.15, 0.2) is 18.2 Å². The number of hydrogen-bond acceptors (Lipinski definition) is 2. The van der Waals surface area contributed by atoms with Crippen molar-refractivity contribution in [1.82, 2.24) is 0 Å². The molecule has 1 aliphatic rings. The van der Waals surface area contributed by atoms with Crippen molar-refractivity contribution < 1.29 is 14.7 Å². The molecule has 1 amide bonds. The zero-order chi connectivity index (χ0) is 12.6. The Kier molecular flexibility index (Phi) is 3.26. The summed E-state index contributed by atoms with van der Waals surface area (Å²) in [5.41, 5.74) is 0.538. The first-order chi connectivity index (χ1) is 7.99. The molecular formula is C11H9Cl2NO3. The van der Waals surface area contributed by atoms with Crippen LogP contribution in [0.4, 0.5) is 5.69 Å². The molecule has 1 saturated heterocycles. The largest absolute Gasteiger partial charge is 0.481 e. The van der Waals surface area contributed by atoms with Crippen LogP contribution in [0.25, 0.3) is 0 Å². The Bertz CT molecular complexity index is 469. The third-order valence-electron chi connectivity index (χ3n) is 2.66. The highest BCUT2D eigenvalue weighted by Crippen LogP contribution is 2.30. The van der Waals surface area contributed by atoms with Gasteiger partial charge in [0, 0.05) is 22.3 Å². The molecule has 90 valence electrons. The van der Waals surface area contributed by atoms with E-state index in [1.165, 1.54) is 4.90 Å². The number of carboxylic acids is 1. The Morgan fingerprint density at radius 2 is 1.88 bits per heavy atom. The van der Waals surface area contributed by atoms with Gasteiger partial charge in [-0.1, -0.05) is 23.2 Å². The fourth-order valence-electron chi connectivity index (χ4n) is 1.86. The summed E-state index contributed by atoms with van der Waals surface area (Å²) >= 11 is 11.7. The van der Waals surface area contributed by atoms with Crippen molar-refractivity contribution in [3.8, 4) is 0 Å². The Morgan fingerprint density at radius 3 is 2.35 bits per heavy atom. The highest BCUT2D eigenvalue weighted by molar-refractivity contribution is 6.35. The molecule has 0 spiro atoms. The minimum atomic E-state index is -1.09. The van der Waals surface area contributed by atoms with E-state index in [4.69, 9.17) is 28.3 Å². The van der Waals surface area contributed by atoms with E-state index in [9.17, 15) is 9.59 Å². The predicted octanol–water partition coefficient (Wildman–Crippen LogP) is 2.43. The SMILES string of the molecule is O=C(O)[C@@H]1CCN(c2cc(Cl)cc(Cl)c2)C1=O. The molecule has 17 heavy (non-hydrogen) atoms. The average molecular weight is 274 g/mol. The monoisotopic (exact) mass is 273 g/mol. The van der Waals surface area contributed by atoms with Crippen molar-refractivity contribution in [1.29, 1.82) is 0 Å². The van der Waals surface area contributed by atoms with Crippen LogP contribution in [0.5, 0.6) is 0 Å². The van der Waals surface area contributed by atoms with Crippen LogP contribution in [0.3, 0.4) is 0 Å². The number of anilines is 1. The normalized spacial score (nSPS) is 19.8. The van der Waals surface area contributed by atoms with E-state index < -0.39 is 17.8 Å². The number of benzene rings is 1. The van der Waals surface area contributed by atoms with Gasteiger partial charge in [0.25, 0.3) is 0 Å². The van der Waals surface area contributed by atoms with Crippen molar-refractivity contribution in [2.45, 2.75) is 6.42 Å². The summed E-state index contributed by atoms with van der Waals surface area (Å²) in [6, 6.07) is 4.74. The Hall–Kier alpha value is -1.26. The standard InChI is InChI=1S/C11H9Cl2NO3/c12-6-3-7(13)5-8(4-6)14-2-1-9(10(14)15)11(16)17/h3-5,9H,1-2H2,(H,16,17)/t9-/m1/s1. The summed E-state index contributed by atoms with van der Waals surface area (Å²) in [6.07, 6.45) is 0.304. The van der Waals surface area contributed by atoms with Gasteiger partial charge < -0.3 is 10.0 Å². The molecule has 6 heteroatoms. The molecule has 4 nitrogen and oxygen atoms in total. The second kappa shape index (κ2) is 4.55. The smallest absolute Gasteiger partial charge is 0.316 e. The van der Waals surface area contributed by atoms with E-state index in [2.05, 4.69) is 0 Å². The van der Waals surface area contributed by atoms with Gasteiger partial charge in [-0.3, -0.25) is 9.59 Å². The molecule has 2 rings (SSSR count). The summed E-state index contributed by atoms with van der Waals surface area (Å²) < 4.78 is 0. The van der Waals surface area contributed by atoms with E-state index >= 15 is 0 Å². The average Bonchev–Trinajstić information content (AvgIpc) is 2.58. The van der Waals surface area contributed by atoms with Gasteiger partial charge in [0.05, 0.1) is 0 Å². The third-order valence-corrected chi connectivity index (χ3v) is 3.10. The topological polar surface area (TPSA) is 57.6 Å². The number of hydrogen-bond donors (Lipinski definition) is 1. The Labute approximate surface area is 108 Å². The highest BCUT2D eigenvalue weighted by atomic mass is 35.5. The zero-order valence-corrected chi connectivity index (χ0v) is 10.2. The van der Waals surface area contributed by atoms with Crippen molar-refractivity contribution in [2.24, 2.45) is 5.92 Å². The van der Waals surface area contributed by atoms with Crippen LogP contribution in [-0.4, -0.2) is 23.5 Å². The maximum absolute atomic E-state index is 11.8. The van der Waals surface area contributed by atoms with Crippen molar-refractivity contribution in [2.75, 3.05) is 11.4 Å². The number of rotatable bonds is 2. The predicted molar refractivity (Wildman–Crippen MR) is 64.6 cm³/mol. The number of nitrogens with zero attached hydrogens (tertiary/aromatic N) is 1. The molecule has 0 aromatic heterocycles. The molecule has 1 aliphatic heterocycles. The van der Waals surface area contributed by atoms with E-state index in [0.29, 0.717) is 28.7 Å². The van der Waals surface area contributed by atoms with Crippen LogP contribution in [-0.2, 0) is 9.59 Å². The first-order valence-electron chi connectivity index (χ1n) is 4.99. The highest BCUT2D eigenvalue weighted by Gasteiger charge is 2.37. The van der Waals surface area contributed by atoms with Crippen LogP contribution in [0.1, 0.15) is 6.42 Å². The molecule has 0 bridgehead atoms. The van der Waals surface area contributed by atoms with Crippen LogP contribution >= 0.6 is 23.2 Å². The summed E-state index contributed by atoms with van der Waals surface area (Å²) in [6.45, 7) is 0.368. The lowest BCUT2D eigenvalue weighted by atomic mass is 10.1. The molecule has 1 fully saturated rings. The van der Waals surface area contributed by atoms with E-state index in [-0.39, 0.29) is 0 Å². The number of amides is 1. The van der Waals surface area contributed by atoms with Crippen LogP contribution in [0, 0.1) is 5.92 Å². The fraction of sp³-hybridized carbons (Fsp3) is 0.273. The van der Waals surface area contributed by atoms with Gasteiger partial charge in [-0.25, -0.2) is 0 Å². The summed E-state index contributed by atoms with van der Waals surface area (Å²) in [7, 11) is 0. The Balaban J connectivity index is 2.30.